The molecule has 1 aliphatic rings. The lowest BCUT2D eigenvalue weighted by molar-refractivity contribution is -0.296. The first-order chi connectivity index (χ1) is 11.6. The van der Waals surface area contributed by atoms with Crippen LogP contribution >= 0.6 is 0 Å². The second-order valence-corrected chi connectivity index (χ2v) is 6.94. The standard InChI is InChI=1S/C19H38O5/c1-4-5-6-7-8-9-10-11-12-13-14-23-18-17(21)16(20)15(2)24-19(18)22-3/h15-21H,4-14H2,1-3H3/t15?,16-,17?,18?,19+/m0/s1. The Morgan fingerprint density at radius 2 is 1.38 bits per heavy atom. The van der Waals surface area contributed by atoms with E-state index in [1.54, 1.807) is 6.92 Å². The Hall–Kier alpha value is -0.200. The zero-order valence-electron chi connectivity index (χ0n) is 15.8. The quantitative estimate of drug-likeness (QED) is 0.500. The summed E-state index contributed by atoms with van der Waals surface area (Å²) in [6, 6.07) is 0. The average Bonchev–Trinajstić information content (AvgIpc) is 2.59. The highest BCUT2D eigenvalue weighted by atomic mass is 16.7. The maximum Gasteiger partial charge on any atom is 0.186 e. The summed E-state index contributed by atoms with van der Waals surface area (Å²) in [5.74, 6) is 0. The van der Waals surface area contributed by atoms with E-state index in [9.17, 15) is 10.2 Å². The topological polar surface area (TPSA) is 68.2 Å². The van der Waals surface area contributed by atoms with Crippen molar-refractivity contribution in [3.63, 3.8) is 0 Å². The van der Waals surface area contributed by atoms with Crippen molar-refractivity contribution in [1.82, 2.24) is 0 Å². The minimum atomic E-state index is -0.971. The molecular weight excluding hydrogens is 308 g/mol. The van der Waals surface area contributed by atoms with Crippen molar-refractivity contribution in [3.8, 4) is 0 Å². The summed E-state index contributed by atoms with van der Waals surface area (Å²) < 4.78 is 16.5. The van der Waals surface area contributed by atoms with Crippen molar-refractivity contribution < 1.29 is 24.4 Å². The molecule has 3 unspecified atom stereocenters. The van der Waals surface area contributed by atoms with Gasteiger partial charge >= 0.3 is 0 Å². The number of methoxy groups -OCH3 is 1. The molecule has 1 saturated heterocycles. The lowest BCUT2D eigenvalue weighted by atomic mass is 10.00. The number of aliphatic hydroxyl groups is 2. The minimum Gasteiger partial charge on any atom is -0.388 e. The van der Waals surface area contributed by atoms with Crippen molar-refractivity contribution in [2.45, 2.75) is 109 Å². The first-order valence-corrected chi connectivity index (χ1v) is 9.77. The third-order valence-electron chi connectivity index (χ3n) is 4.82. The maximum atomic E-state index is 10.1. The van der Waals surface area contributed by atoms with Gasteiger partial charge in [0.2, 0.25) is 0 Å². The fourth-order valence-corrected chi connectivity index (χ4v) is 3.18. The molecule has 0 aromatic carbocycles. The summed E-state index contributed by atoms with van der Waals surface area (Å²) in [6.07, 6.45) is 9.10. The van der Waals surface area contributed by atoms with Crippen LogP contribution < -0.4 is 0 Å². The molecule has 2 N–H and O–H groups in total. The maximum absolute atomic E-state index is 10.1. The van der Waals surface area contributed by atoms with E-state index in [4.69, 9.17) is 14.2 Å². The minimum absolute atomic E-state index is 0.456. The summed E-state index contributed by atoms with van der Waals surface area (Å²) in [4.78, 5) is 0. The molecule has 5 atom stereocenters. The SMILES string of the molecule is CCCCCCCCCCCCOC1C(O)[C@@H](O)C(C)O[C@H]1OC. The van der Waals surface area contributed by atoms with E-state index in [0.717, 1.165) is 12.8 Å². The molecule has 0 amide bonds. The van der Waals surface area contributed by atoms with Crippen LogP contribution in [0.1, 0.15) is 78.1 Å². The molecule has 0 saturated carbocycles. The Morgan fingerprint density at radius 3 is 1.92 bits per heavy atom. The van der Waals surface area contributed by atoms with Crippen molar-refractivity contribution in [3.05, 3.63) is 0 Å². The lowest BCUT2D eigenvalue weighted by Crippen LogP contribution is -2.58. The van der Waals surface area contributed by atoms with Gasteiger partial charge in [-0.3, -0.25) is 0 Å². The summed E-state index contributed by atoms with van der Waals surface area (Å²) in [5, 5.41) is 20.0. The van der Waals surface area contributed by atoms with Gasteiger partial charge in [0.1, 0.15) is 18.3 Å². The van der Waals surface area contributed by atoms with Gasteiger partial charge < -0.3 is 24.4 Å². The van der Waals surface area contributed by atoms with Gasteiger partial charge in [0, 0.05) is 13.7 Å². The number of ether oxygens (including phenoxy) is 3. The summed E-state index contributed by atoms with van der Waals surface area (Å²) in [5.41, 5.74) is 0. The molecule has 0 spiro atoms. The summed E-state index contributed by atoms with van der Waals surface area (Å²) in [7, 11) is 1.53. The lowest BCUT2D eigenvalue weighted by Gasteiger charge is -2.40. The zero-order valence-corrected chi connectivity index (χ0v) is 15.8. The monoisotopic (exact) mass is 346 g/mol. The summed E-state index contributed by atoms with van der Waals surface area (Å²) >= 11 is 0. The number of unbranched alkanes of at least 4 members (excludes halogenated alkanes) is 9. The van der Waals surface area contributed by atoms with Gasteiger partial charge in [0.05, 0.1) is 6.10 Å². The van der Waals surface area contributed by atoms with E-state index in [-0.39, 0.29) is 0 Å². The van der Waals surface area contributed by atoms with Gasteiger partial charge in [0.25, 0.3) is 0 Å². The highest BCUT2D eigenvalue weighted by molar-refractivity contribution is 4.88. The van der Waals surface area contributed by atoms with Gasteiger partial charge in [-0.15, -0.1) is 0 Å². The van der Waals surface area contributed by atoms with Crippen LogP contribution in [-0.4, -0.2) is 54.6 Å². The van der Waals surface area contributed by atoms with Crippen LogP contribution in [0.2, 0.25) is 0 Å². The van der Waals surface area contributed by atoms with Gasteiger partial charge in [-0.1, -0.05) is 64.7 Å². The third-order valence-corrected chi connectivity index (χ3v) is 4.82. The van der Waals surface area contributed by atoms with Crippen LogP contribution in [0, 0.1) is 0 Å². The second-order valence-electron chi connectivity index (χ2n) is 6.94. The smallest absolute Gasteiger partial charge is 0.186 e. The molecular formula is C19H38O5. The highest BCUT2D eigenvalue weighted by Gasteiger charge is 2.43. The van der Waals surface area contributed by atoms with Crippen molar-refractivity contribution >= 4 is 0 Å². The highest BCUT2D eigenvalue weighted by Crippen LogP contribution is 2.24. The molecule has 144 valence electrons. The van der Waals surface area contributed by atoms with Gasteiger partial charge in [-0.2, -0.15) is 0 Å². The van der Waals surface area contributed by atoms with Crippen molar-refractivity contribution in [2.24, 2.45) is 0 Å². The van der Waals surface area contributed by atoms with Crippen LogP contribution in [0.3, 0.4) is 0 Å². The molecule has 0 radical (unpaired) electrons. The molecule has 24 heavy (non-hydrogen) atoms. The number of hydrogen-bond donors (Lipinski definition) is 2. The largest absolute Gasteiger partial charge is 0.388 e. The first-order valence-electron chi connectivity index (χ1n) is 9.77. The van der Waals surface area contributed by atoms with Crippen LogP contribution in [0.5, 0.6) is 0 Å². The normalized spacial score (nSPS) is 30.6. The van der Waals surface area contributed by atoms with E-state index >= 15 is 0 Å². The molecule has 0 bridgehead atoms. The number of hydrogen-bond acceptors (Lipinski definition) is 5. The summed E-state index contributed by atoms with van der Waals surface area (Å²) in [6.45, 7) is 4.53. The van der Waals surface area contributed by atoms with Crippen LogP contribution in [-0.2, 0) is 14.2 Å². The van der Waals surface area contributed by atoms with Gasteiger partial charge in [-0.05, 0) is 13.3 Å². The average molecular weight is 347 g/mol. The molecule has 5 heteroatoms. The van der Waals surface area contributed by atoms with Crippen LogP contribution in [0.15, 0.2) is 0 Å². The van der Waals surface area contributed by atoms with E-state index in [1.807, 2.05) is 0 Å². The third kappa shape index (κ3) is 7.79. The Labute approximate surface area is 147 Å². The van der Waals surface area contributed by atoms with Crippen molar-refractivity contribution in [2.75, 3.05) is 13.7 Å². The second kappa shape index (κ2) is 13.1. The van der Waals surface area contributed by atoms with Gasteiger partial charge in [-0.25, -0.2) is 0 Å². The van der Waals surface area contributed by atoms with E-state index in [1.165, 1.54) is 58.5 Å². The molecule has 1 heterocycles. The molecule has 1 rings (SSSR count). The molecule has 5 nitrogen and oxygen atoms in total. The fraction of sp³-hybridized carbons (Fsp3) is 1.00. The van der Waals surface area contributed by atoms with Crippen molar-refractivity contribution in [1.29, 1.82) is 0 Å². The Morgan fingerprint density at radius 1 is 0.833 bits per heavy atom. The van der Waals surface area contributed by atoms with E-state index in [2.05, 4.69) is 6.92 Å². The Balaban J connectivity index is 2.05. The number of rotatable bonds is 13. The molecule has 0 aromatic rings. The van der Waals surface area contributed by atoms with Crippen LogP contribution in [0.4, 0.5) is 0 Å². The fourth-order valence-electron chi connectivity index (χ4n) is 3.18. The Bertz CT molecular complexity index is 297. The first kappa shape index (κ1) is 21.8. The Kier molecular flexibility index (Phi) is 11.9. The number of aliphatic hydroxyl groups excluding tert-OH is 2. The molecule has 0 aromatic heterocycles. The molecule has 1 aliphatic heterocycles. The predicted molar refractivity (Wildman–Crippen MR) is 94.9 cm³/mol. The molecule has 0 aliphatic carbocycles. The van der Waals surface area contributed by atoms with Gasteiger partial charge in [0.15, 0.2) is 6.29 Å². The predicted octanol–water partition coefficient (Wildman–Crippen LogP) is 3.41. The van der Waals surface area contributed by atoms with E-state index < -0.39 is 30.7 Å². The zero-order chi connectivity index (χ0) is 17.8. The molecule has 1 fully saturated rings. The van der Waals surface area contributed by atoms with E-state index in [0.29, 0.717) is 6.61 Å². The van der Waals surface area contributed by atoms with Crippen LogP contribution in [0.25, 0.3) is 0 Å².